The van der Waals surface area contributed by atoms with Crippen LogP contribution in [-0.4, -0.2) is 44.2 Å². The quantitative estimate of drug-likeness (QED) is 0.420. The Hall–Kier alpha value is -4.46. The van der Waals surface area contributed by atoms with E-state index in [1.165, 1.54) is 0 Å². The van der Waals surface area contributed by atoms with Crippen molar-refractivity contribution in [1.82, 2.24) is 30.1 Å². The van der Waals surface area contributed by atoms with Crippen LogP contribution in [0.15, 0.2) is 72.1 Å². The summed E-state index contributed by atoms with van der Waals surface area (Å²) in [5.41, 5.74) is 9.01. The third-order valence-corrected chi connectivity index (χ3v) is 5.58. The summed E-state index contributed by atoms with van der Waals surface area (Å²) >= 11 is 0. The van der Waals surface area contributed by atoms with E-state index in [9.17, 15) is 0 Å². The fourth-order valence-electron chi connectivity index (χ4n) is 3.89. The van der Waals surface area contributed by atoms with Gasteiger partial charge in [-0.2, -0.15) is 5.10 Å². The maximum atomic E-state index is 5.26. The van der Waals surface area contributed by atoms with E-state index in [1.54, 1.807) is 12.5 Å². The number of hydrogen-bond acceptors (Lipinski definition) is 6. The summed E-state index contributed by atoms with van der Waals surface area (Å²) in [6, 6.07) is 10.1. The van der Waals surface area contributed by atoms with Crippen molar-refractivity contribution in [1.29, 1.82) is 0 Å². The Morgan fingerprint density at radius 1 is 0.906 bits per heavy atom. The van der Waals surface area contributed by atoms with Gasteiger partial charge in [0.15, 0.2) is 0 Å². The molecule has 0 spiro atoms. The SMILES string of the molecule is CN(C)c1cncc(-c2ccc3[nH]nc(-c4cc5c(-c6ccoc6)cncc5[nH]4)c3n2)c1. The highest BCUT2D eigenvalue weighted by Crippen LogP contribution is 2.34. The van der Waals surface area contributed by atoms with Crippen LogP contribution in [0.25, 0.3) is 55.7 Å². The van der Waals surface area contributed by atoms with E-state index in [2.05, 4.69) is 37.3 Å². The van der Waals surface area contributed by atoms with Crippen molar-refractivity contribution in [3.05, 3.63) is 67.6 Å². The topological polar surface area (TPSA) is 99.5 Å². The summed E-state index contributed by atoms with van der Waals surface area (Å²) < 4.78 is 5.26. The second-order valence-corrected chi connectivity index (χ2v) is 7.83. The fourth-order valence-corrected chi connectivity index (χ4v) is 3.89. The van der Waals surface area contributed by atoms with Gasteiger partial charge in [-0.05, 0) is 30.3 Å². The van der Waals surface area contributed by atoms with Crippen molar-refractivity contribution >= 4 is 27.6 Å². The first-order valence-corrected chi connectivity index (χ1v) is 10.1. The van der Waals surface area contributed by atoms with Gasteiger partial charge in [-0.1, -0.05) is 0 Å². The van der Waals surface area contributed by atoms with Gasteiger partial charge in [0.25, 0.3) is 0 Å². The standard InChI is InChI=1S/C24H19N7O/c1-31(2)16-7-15(9-25-10-16)19-3-4-20-23(28-19)24(30-29-20)21-8-17-18(14-5-6-32-13-14)11-26-12-22(17)27-21/h3-13,27H,1-2H3,(H,29,30). The molecule has 0 aliphatic rings. The molecule has 0 saturated carbocycles. The molecule has 0 fully saturated rings. The van der Waals surface area contributed by atoms with E-state index >= 15 is 0 Å². The smallest absolute Gasteiger partial charge is 0.135 e. The Labute approximate surface area is 183 Å². The average Bonchev–Trinajstić information content (AvgIpc) is 3.57. The minimum absolute atomic E-state index is 0.757. The van der Waals surface area contributed by atoms with Crippen molar-refractivity contribution in [3.63, 3.8) is 0 Å². The number of fused-ring (bicyclic) bond motifs is 2. The lowest BCUT2D eigenvalue weighted by molar-refractivity contribution is 0.568. The Balaban J connectivity index is 1.49. The number of aromatic nitrogens is 6. The molecule has 0 bridgehead atoms. The zero-order valence-electron chi connectivity index (χ0n) is 17.5. The predicted molar refractivity (Wildman–Crippen MR) is 124 cm³/mol. The lowest BCUT2D eigenvalue weighted by atomic mass is 10.1. The van der Waals surface area contributed by atoms with Crippen LogP contribution in [0.2, 0.25) is 0 Å². The zero-order valence-corrected chi connectivity index (χ0v) is 17.5. The average molecular weight is 421 g/mol. The van der Waals surface area contributed by atoms with Crippen molar-refractivity contribution in [3.8, 4) is 33.8 Å². The van der Waals surface area contributed by atoms with Crippen LogP contribution in [-0.2, 0) is 0 Å². The number of nitrogens with one attached hydrogen (secondary N) is 2. The first kappa shape index (κ1) is 18.3. The molecule has 0 radical (unpaired) electrons. The van der Waals surface area contributed by atoms with Gasteiger partial charge in [-0.15, -0.1) is 0 Å². The molecule has 8 nitrogen and oxygen atoms in total. The van der Waals surface area contributed by atoms with E-state index in [1.807, 2.05) is 62.0 Å². The van der Waals surface area contributed by atoms with E-state index in [0.717, 1.165) is 61.4 Å². The molecule has 6 rings (SSSR count). The van der Waals surface area contributed by atoms with Crippen molar-refractivity contribution in [2.75, 3.05) is 19.0 Å². The summed E-state index contributed by atoms with van der Waals surface area (Å²) in [4.78, 5) is 19.1. The number of pyridine rings is 3. The number of hydrogen-bond donors (Lipinski definition) is 2. The normalized spacial score (nSPS) is 11.4. The summed E-state index contributed by atoms with van der Waals surface area (Å²) in [5.74, 6) is 0. The summed E-state index contributed by atoms with van der Waals surface area (Å²) in [5, 5.41) is 8.69. The van der Waals surface area contributed by atoms with Gasteiger partial charge in [0.1, 0.15) is 11.2 Å². The maximum Gasteiger partial charge on any atom is 0.135 e. The second kappa shape index (κ2) is 7.05. The summed E-state index contributed by atoms with van der Waals surface area (Å²) in [7, 11) is 3.99. The molecule has 0 amide bonds. The molecule has 0 atom stereocenters. The molecule has 8 heteroatoms. The largest absolute Gasteiger partial charge is 0.472 e. The number of nitrogens with zero attached hydrogens (tertiary/aromatic N) is 5. The molecule has 6 heterocycles. The van der Waals surface area contributed by atoms with Crippen LogP contribution in [0.4, 0.5) is 5.69 Å². The summed E-state index contributed by atoms with van der Waals surface area (Å²) in [6.45, 7) is 0. The number of rotatable bonds is 4. The Morgan fingerprint density at radius 2 is 1.81 bits per heavy atom. The minimum Gasteiger partial charge on any atom is -0.472 e. The molecule has 0 saturated heterocycles. The van der Waals surface area contributed by atoms with E-state index in [0.29, 0.717) is 0 Å². The fraction of sp³-hybridized carbons (Fsp3) is 0.0833. The zero-order chi connectivity index (χ0) is 21.7. The molecule has 32 heavy (non-hydrogen) atoms. The maximum absolute atomic E-state index is 5.26. The van der Waals surface area contributed by atoms with Crippen molar-refractivity contribution in [2.24, 2.45) is 0 Å². The Morgan fingerprint density at radius 3 is 2.66 bits per heavy atom. The number of H-pyrrole nitrogens is 2. The molecule has 6 aromatic rings. The van der Waals surface area contributed by atoms with Crippen LogP contribution in [0, 0.1) is 0 Å². The Bertz CT molecular complexity index is 1560. The highest BCUT2D eigenvalue weighted by Gasteiger charge is 2.16. The van der Waals surface area contributed by atoms with Gasteiger partial charge in [0, 0.05) is 48.6 Å². The van der Waals surface area contributed by atoms with Gasteiger partial charge in [-0.3, -0.25) is 15.1 Å². The molecule has 0 aliphatic heterocycles. The first-order valence-electron chi connectivity index (χ1n) is 10.1. The van der Waals surface area contributed by atoms with Crippen LogP contribution in [0.3, 0.4) is 0 Å². The number of aromatic amines is 2. The molecular formula is C24H19N7O. The van der Waals surface area contributed by atoms with Gasteiger partial charge in [0.2, 0.25) is 0 Å². The molecule has 6 aromatic heterocycles. The van der Waals surface area contributed by atoms with E-state index < -0.39 is 0 Å². The molecule has 0 unspecified atom stereocenters. The third kappa shape index (κ3) is 2.92. The van der Waals surface area contributed by atoms with Crippen molar-refractivity contribution < 1.29 is 4.42 Å². The number of anilines is 1. The van der Waals surface area contributed by atoms with Gasteiger partial charge in [0.05, 0.1) is 53.0 Å². The molecule has 156 valence electrons. The van der Waals surface area contributed by atoms with E-state index in [-0.39, 0.29) is 0 Å². The molecular weight excluding hydrogens is 402 g/mol. The lowest BCUT2D eigenvalue weighted by Crippen LogP contribution is -2.08. The highest BCUT2D eigenvalue weighted by atomic mass is 16.3. The lowest BCUT2D eigenvalue weighted by Gasteiger charge is -2.12. The first-order chi connectivity index (χ1) is 15.7. The monoisotopic (exact) mass is 421 g/mol. The Kier molecular flexibility index (Phi) is 4.04. The predicted octanol–water partition coefficient (Wildman–Crippen LogP) is 4.89. The van der Waals surface area contributed by atoms with E-state index in [4.69, 9.17) is 9.40 Å². The summed E-state index contributed by atoms with van der Waals surface area (Å²) in [6.07, 6.45) is 10.7. The van der Waals surface area contributed by atoms with Gasteiger partial charge in [-0.25, -0.2) is 4.98 Å². The third-order valence-electron chi connectivity index (χ3n) is 5.58. The minimum atomic E-state index is 0.757. The van der Waals surface area contributed by atoms with Crippen LogP contribution < -0.4 is 4.90 Å². The van der Waals surface area contributed by atoms with Crippen LogP contribution >= 0.6 is 0 Å². The highest BCUT2D eigenvalue weighted by molar-refractivity contribution is 5.99. The van der Waals surface area contributed by atoms with Gasteiger partial charge >= 0.3 is 0 Å². The van der Waals surface area contributed by atoms with Crippen molar-refractivity contribution in [2.45, 2.75) is 0 Å². The molecule has 2 N–H and O–H groups in total. The van der Waals surface area contributed by atoms with Crippen LogP contribution in [0.1, 0.15) is 0 Å². The molecule has 0 aromatic carbocycles. The van der Waals surface area contributed by atoms with Gasteiger partial charge < -0.3 is 14.3 Å². The van der Waals surface area contributed by atoms with Crippen LogP contribution in [0.5, 0.6) is 0 Å². The molecule has 0 aliphatic carbocycles. The second-order valence-electron chi connectivity index (χ2n) is 7.83. The number of furan rings is 1.